The quantitative estimate of drug-likeness (QED) is 0.366. The van der Waals surface area contributed by atoms with Crippen molar-refractivity contribution in [1.29, 1.82) is 5.26 Å². The SMILES string of the molecule is N#Cc1ccc(Nc2cnccc2SCc2cccc(C(=O)[O-])c2)c2ccccc12.[Na+]. The van der Waals surface area contributed by atoms with Gasteiger partial charge in [0, 0.05) is 33.3 Å². The molecule has 0 spiro atoms. The number of nitrogens with one attached hydrogen (secondary N) is 1. The average Bonchev–Trinajstić information content (AvgIpc) is 2.79. The number of hydrogen-bond acceptors (Lipinski definition) is 6. The molecule has 0 amide bonds. The molecular formula is C24H16N3NaO2S. The number of pyridine rings is 1. The van der Waals surface area contributed by atoms with E-state index in [-0.39, 0.29) is 35.1 Å². The molecule has 1 heterocycles. The molecule has 0 aliphatic rings. The molecule has 0 aliphatic carbocycles. The zero-order valence-electron chi connectivity index (χ0n) is 16.8. The minimum Gasteiger partial charge on any atom is -0.545 e. The molecule has 146 valence electrons. The number of hydrogen-bond donors (Lipinski definition) is 1. The van der Waals surface area contributed by atoms with Crippen molar-refractivity contribution in [3.05, 3.63) is 95.8 Å². The number of thioether (sulfide) groups is 1. The van der Waals surface area contributed by atoms with Crippen molar-refractivity contribution < 1.29 is 39.5 Å². The number of rotatable bonds is 6. The van der Waals surface area contributed by atoms with Crippen LogP contribution in [0.4, 0.5) is 11.4 Å². The Bertz CT molecular complexity index is 1290. The summed E-state index contributed by atoms with van der Waals surface area (Å²) in [5, 5.41) is 25.7. The molecule has 0 bridgehead atoms. The maximum atomic E-state index is 11.1. The average molecular weight is 433 g/mol. The van der Waals surface area contributed by atoms with Gasteiger partial charge >= 0.3 is 29.6 Å². The van der Waals surface area contributed by atoms with Crippen LogP contribution in [0.5, 0.6) is 0 Å². The summed E-state index contributed by atoms with van der Waals surface area (Å²) in [5.41, 5.74) is 3.43. The second-order valence-electron chi connectivity index (χ2n) is 6.59. The summed E-state index contributed by atoms with van der Waals surface area (Å²) in [5.74, 6) is -0.575. The fourth-order valence-electron chi connectivity index (χ4n) is 3.20. The van der Waals surface area contributed by atoms with Crippen molar-refractivity contribution in [2.45, 2.75) is 10.6 Å². The molecule has 5 nitrogen and oxygen atoms in total. The fourth-order valence-corrected chi connectivity index (χ4v) is 4.12. The third kappa shape index (κ3) is 5.27. The Hall–Kier alpha value is -2.82. The number of nitrogens with zero attached hydrogens (tertiary/aromatic N) is 2. The Kier molecular flexibility index (Phi) is 7.72. The van der Waals surface area contributed by atoms with Gasteiger partial charge in [0.25, 0.3) is 0 Å². The Labute approximate surface area is 206 Å². The number of nitriles is 1. The van der Waals surface area contributed by atoms with E-state index in [1.54, 1.807) is 42.4 Å². The van der Waals surface area contributed by atoms with E-state index in [9.17, 15) is 15.2 Å². The topological polar surface area (TPSA) is 88.8 Å². The van der Waals surface area contributed by atoms with Crippen molar-refractivity contribution in [2.24, 2.45) is 0 Å². The number of aromatic carboxylic acids is 1. The molecule has 0 fully saturated rings. The van der Waals surface area contributed by atoms with Gasteiger partial charge in [0.2, 0.25) is 0 Å². The van der Waals surface area contributed by atoms with Gasteiger partial charge in [0.1, 0.15) is 0 Å². The first-order valence-corrected chi connectivity index (χ1v) is 10.2. The van der Waals surface area contributed by atoms with Gasteiger partial charge in [-0.05, 0) is 35.4 Å². The van der Waals surface area contributed by atoms with Crippen LogP contribution in [0, 0.1) is 11.3 Å². The summed E-state index contributed by atoms with van der Waals surface area (Å²) in [6, 6.07) is 22.4. The predicted octanol–water partition coefficient (Wildman–Crippen LogP) is 1.51. The second-order valence-corrected chi connectivity index (χ2v) is 7.61. The van der Waals surface area contributed by atoms with Gasteiger partial charge in [0.15, 0.2) is 0 Å². The molecule has 3 aromatic carbocycles. The van der Waals surface area contributed by atoms with Gasteiger partial charge in [-0.3, -0.25) is 4.98 Å². The molecule has 0 unspecified atom stereocenters. The van der Waals surface area contributed by atoms with Crippen LogP contribution in [0.15, 0.2) is 84.0 Å². The summed E-state index contributed by atoms with van der Waals surface area (Å²) in [7, 11) is 0. The number of anilines is 2. The zero-order chi connectivity index (χ0) is 20.9. The maximum absolute atomic E-state index is 11.1. The zero-order valence-corrected chi connectivity index (χ0v) is 19.6. The van der Waals surface area contributed by atoms with Gasteiger partial charge in [-0.1, -0.05) is 42.5 Å². The van der Waals surface area contributed by atoms with Crippen molar-refractivity contribution in [3.8, 4) is 6.07 Å². The molecule has 0 atom stereocenters. The van der Waals surface area contributed by atoms with E-state index in [1.807, 2.05) is 42.5 Å². The van der Waals surface area contributed by atoms with Crippen molar-refractivity contribution in [3.63, 3.8) is 0 Å². The van der Waals surface area contributed by atoms with Crippen LogP contribution in [0.2, 0.25) is 0 Å². The minimum atomic E-state index is -1.18. The number of carboxylic acid groups (broad SMARTS) is 1. The van der Waals surface area contributed by atoms with E-state index in [0.717, 1.165) is 32.6 Å². The third-order valence-corrected chi connectivity index (χ3v) is 5.80. The Balaban J connectivity index is 0.00000272. The first-order chi connectivity index (χ1) is 14.7. The summed E-state index contributed by atoms with van der Waals surface area (Å²) in [6.07, 6.45) is 3.48. The Morgan fingerprint density at radius 1 is 1.03 bits per heavy atom. The summed E-state index contributed by atoms with van der Waals surface area (Å²) >= 11 is 1.58. The van der Waals surface area contributed by atoms with Gasteiger partial charge in [0.05, 0.1) is 29.5 Å². The van der Waals surface area contributed by atoms with E-state index in [1.165, 1.54) is 6.07 Å². The molecule has 4 rings (SSSR count). The fraction of sp³-hybridized carbons (Fsp3) is 0.0417. The maximum Gasteiger partial charge on any atom is 1.00 e. The van der Waals surface area contributed by atoms with Crippen LogP contribution < -0.4 is 40.0 Å². The Morgan fingerprint density at radius 3 is 2.61 bits per heavy atom. The van der Waals surface area contributed by atoms with Crippen LogP contribution in [0.3, 0.4) is 0 Å². The molecule has 31 heavy (non-hydrogen) atoms. The Morgan fingerprint density at radius 2 is 1.84 bits per heavy atom. The number of aromatic nitrogens is 1. The van der Waals surface area contributed by atoms with Gasteiger partial charge in [-0.2, -0.15) is 5.26 Å². The van der Waals surface area contributed by atoms with E-state index in [2.05, 4.69) is 16.4 Å². The van der Waals surface area contributed by atoms with Gasteiger partial charge < -0.3 is 15.2 Å². The van der Waals surface area contributed by atoms with Crippen LogP contribution >= 0.6 is 11.8 Å². The molecule has 0 aliphatic heterocycles. The predicted molar refractivity (Wildman–Crippen MR) is 117 cm³/mol. The largest absolute Gasteiger partial charge is 1.00 e. The molecular weight excluding hydrogens is 417 g/mol. The standard InChI is InChI=1S/C24H17N3O2S.Na/c25-13-18-8-9-21(20-7-2-1-6-19(18)20)27-22-14-26-11-10-23(22)30-15-16-4-3-5-17(12-16)24(28)29;/h1-12,14,27H,15H2,(H,28,29);/q;+1/p-1. The van der Waals surface area contributed by atoms with E-state index < -0.39 is 5.97 Å². The minimum absolute atomic E-state index is 0. The molecule has 1 N–H and O–H groups in total. The van der Waals surface area contributed by atoms with Crippen LogP contribution in [-0.4, -0.2) is 11.0 Å². The number of benzene rings is 3. The first kappa shape index (κ1) is 22.9. The number of carboxylic acids is 1. The smallest absolute Gasteiger partial charge is 0.545 e. The second kappa shape index (κ2) is 10.5. The van der Waals surface area contributed by atoms with E-state index >= 15 is 0 Å². The summed E-state index contributed by atoms with van der Waals surface area (Å²) in [6.45, 7) is 0. The molecule has 0 saturated carbocycles. The summed E-state index contributed by atoms with van der Waals surface area (Å²) in [4.78, 5) is 16.3. The molecule has 1 aromatic heterocycles. The first-order valence-electron chi connectivity index (χ1n) is 9.21. The third-order valence-electron chi connectivity index (χ3n) is 4.65. The van der Waals surface area contributed by atoms with E-state index in [0.29, 0.717) is 11.3 Å². The van der Waals surface area contributed by atoms with Crippen molar-refractivity contribution in [1.82, 2.24) is 4.98 Å². The number of carbonyl (C=O) groups excluding carboxylic acids is 1. The van der Waals surface area contributed by atoms with Crippen molar-refractivity contribution >= 4 is 39.9 Å². The molecule has 0 saturated heterocycles. The molecule has 0 radical (unpaired) electrons. The normalized spacial score (nSPS) is 10.2. The van der Waals surface area contributed by atoms with Crippen molar-refractivity contribution in [2.75, 3.05) is 5.32 Å². The van der Waals surface area contributed by atoms with E-state index in [4.69, 9.17) is 0 Å². The monoisotopic (exact) mass is 433 g/mol. The number of fused-ring (bicyclic) bond motifs is 1. The molecule has 4 aromatic rings. The summed E-state index contributed by atoms with van der Waals surface area (Å²) < 4.78 is 0. The molecule has 7 heteroatoms. The van der Waals surface area contributed by atoms with Crippen LogP contribution in [0.1, 0.15) is 21.5 Å². The number of carbonyl (C=O) groups is 1. The van der Waals surface area contributed by atoms with Gasteiger partial charge in [-0.25, -0.2) is 0 Å². The van der Waals surface area contributed by atoms with Crippen LogP contribution in [-0.2, 0) is 5.75 Å². The van der Waals surface area contributed by atoms with Crippen LogP contribution in [0.25, 0.3) is 10.8 Å². The van der Waals surface area contributed by atoms with Gasteiger partial charge in [-0.15, -0.1) is 11.8 Å².